The van der Waals surface area contributed by atoms with Gasteiger partial charge in [0.2, 0.25) is 0 Å². The van der Waals surface area contributed by atoms with Gasteiger partial charge in [0.15, 0.2) is 11.2 Å². The first-order valence-corrected chi connectivity index (χ1v) is 7.52. The first-order valence-electron chi connectivity index (χ1n) is 7.11. The number of nitrogens with zero attached hydrogens (tertiary/aromatic N) is 1. The van der Waals surface area contributed by atoms with Gasteiger partial charge in [-0.1, -0.05) is 0 Å². The molecule has 24 heavy (non-hydrogen) atoms. The van der Waals surface area contributed by atoms with E-state index in [0.29, 0.717) is 17.9 Å². The Bertz CT molecular complexity index is 723. The molecule has 1 aromatic heterocycles. The molecule has 0 unspecified atom stereocenters. The molecule has 0 bridgehead atoms. The summed E-state index contributed by atoms with van der Waals surface area (Å²) < 4.78 is 10.6. The average molecular weight is 344 g/mol. The zero-order chi connectivity index (χ0) is 17.4. The van der Waals surface area contributed by atoms with Gasteiger partial charge < -0.3 is 14.5 Å². The molecule has 0 radical (unpaired) electrons. The van der Waals surface area contributed by atoms with E-state index in [9.17, 15) is 4.79 Å². The Morgan fingerprint density at radius 3 is 2.71 bits per heavy atom. The highest BCUT2D eigenvalue weighted by Crippen LogP contribution is 2.13. The number of amides is 1. The first kappa shape index (κ1) is 17.3. The molecule has 7 nitrogen and oxygen atoms in total. The Hall–Kier alpha value is -3.05. The van der Waals surface area contributed by atoms with Gasteiger partial charge in [-0.05, 0) is 55.5 Å². The van der Waals surface area contributed by atoms with Crippen LogP contribution in [0.15, 0.2) is 47.1 Å². The Kier molecular flexibility index (Phi) is 6.16. The van der Waals surface area contributed by atoms with Gasteiger partial charge in [-0.25, -0.2) is 0 Å². The average Bonchev–Trinajstić information content (AvgIpc) is 3.12. The van der Waals surface area contributed by atoms with E-state index in [-0.39, 0.29) is 11.0 Å². The van der Waals surface area contributed by atoms with Crippen LogP contribution in [0, 0.1) is 11.3 Å². The molecule has 2 aromatic rings. The van der Waals surface area contributed by atoms with Crippen LogP contribution in [-0.4, -0.2) is 17.1 Å². The van der Waals surface area contributed by atoms with Crippen molar-refractivity contribution in [3.05, 3.63) is 54.0 Å². The van der Waals surface area contributed by atoms with Crippen molar-refractivity contribution in [1.29, 1.82) is 5.26 Å². The summed E-state index contributed by atoms with van der Waals surface area (Å²) in [5.74, 6) is 0.833. The van der Waals surface area contributed by atoms with Crippen LogP contribution < -0.4 is 20.9 Å². The maximum absolute atomic E-state index is 12.0. The highest BCUT2D eigenvalue weighted by atomic mass is 32.1. The van der Waals surface area contributed by atoms with E-state index in [4.69, 9.17) is 26.6 Å². The minimum Gasteiger partial charge on any atom is -0.481 e. The standard InChI is InChI=1S/C16H16N4O3S/c1-11(23-13-6-4-12(9-17)5-7-13)15(21)19-20-16(24)18-10-14-3-2-8-22-14/h2-8,11H,10H2,1H3,(H,19,21)(H2,18,20,24)/t11-/m0/s1. The number of ether oxygens (including phenoxy) is 1. The molecule has 3 N–H and O–H groups in total. The molecule has 1 aromatic carbocycles. The quantitative estimate of drug-likeness (QED) is 0.560. The van der Waals surface area contributed by atoms with Crippen molar-refractivity contribution in [2.45, 2.75) is 19.6 Å². The zero-order valence-corrected chi connectivity index (χ0v) is 13.7. The number of nitrogens with one attached hydrogen (secondary N) is 3. The predicted molar refractivity (Wildman–Crippen MR) is 90.7 cm³/mol. The second kappa shape index (κ2) is 8.55. The molecule has 124 valence electrons. The van der Waals surface area contributed by atoms with Gasteiger partial charge in [-0.15, -0.1) is 0 Å². The van der Waals surface area contributed by atoms with E-state index in [0.717, 1.165) is 5.76 Å². The maximum atomic E-state index is 12.0. The number of hydrogen-bond donors (Lipinski definition) is 3. The second-order valence-electron chi connectivity index (χ2n) is 4.77. The lowest BCUT2D eigenvalue weighted by Crippen LogP contribution is -2.50. The molecule has 0 spiro atoms. The van der Waals surface area contributed by atoms with Gasteiger partial charge in [-0.3, -0.25) is 15.6 Å². The summed E-state index contributed by atoms with van der Waals surface area (Å²) in [6.45, 7) is 2.01. The fraction of sp³-hybridized carbons (Fsp3) is 0.188. The van der Waals surface area contributed by atoms with E-state index in [1.54, 1.807) is 43.5 Å². The van der Waals surface area contributed by atoms with Crippen LogP contribution in [0.5, 0.6) is 5.75 Å². The highest BCUT2D eigenvalue weighted by Gasteiger charge is 2.14. The fourth-order valence-corrected chi connectivity index (χ4v) is 1.83. The van der Waals surface area contributed by atoms with E-state index in [1.807, 2.05) is 12.1 Å². The third-order valence-electron chi connectivity index (χ3n) is 2.97. The number of nitriles is 1. The summed E-state index contributed by atoms with van der Waals surface area (Å²) in [6, 6.07) is 12.1. The van der Waals surface area contributed by atoms with E-state index in [2.05, 4.69) is 16.2 Å². The van der Waals surface area contributed by atoms with Crippen LogP contribution >= 0.6 is 12.2 Å². The molecule has 1 atom stereocenters. The number of carbonyl (C=O) groups excluding carboxylic acids is 1. The smallest absolute Gasteiger partial charge is 0.279 e. The van der Waals surface area contributed by atoms with Gasteiger partial charge in [0.05, 0.1) is 24.4 Å². The number of thiocarbonyl (C=S) groups is 1. The minimum absolute atomic E-state index is 0.255. The van der Waals surface area contributed by atoms with Gasteiger partial charge in [-0.2, -0.15) is 5.26 Å². The molecule has 0 fully saturated rings. The molecule has 2 rings (SSSR count). The number of benzene rings is 1. The summed E-state index contributed by atoms with van der Waals surface area (Å²) >= 11 is 5.04. The van der Waals surface area contributed by atoms with Crippen molar-refractivity contribution < 1.29 is 13.9 Å². The lowest BCUT2D eigenvalue weighted by atomic mass is 10.2. The first-order chi connectivity index (χ1) is 11.6. The van der Waals surface area contributed by atoms with Crippen molar-refractivity contribution in [3.8, 4) is 11.8 Å². The molecule has 8 heteroatoms. The number of hydrogen-bond acceptors (Lipinski definition) is 5. The van der Waals surface area contributed by atoms with E-state index in [1.165, 1.54) is 0 Å². The molecule has 0 saturated carbocycles. The number of rotatable bonds is 5. The third kappa shape index (κ3) is 5.30. The number of hydrazine groups is 1. The van der Waals surface area contributed by atoms with Crippen molar-refractivity contribution in [3.63, 3.8) is 0 Å². The Morgan fingerprint density at radius 2 is 2.08 bits per heavy atom. The highest BCUT2D eigenvalue weighted by molar-refractivity contribution is 7.80. The summed E-state index contributed by atoms with van der Waals surface area (Å²) in [5.41, 5.74) is 5.56. The number of furan rings is 1. The van der Waals surface area contributed by atoms with Crippen LogP contribution in [0.4, 0.5) is 0 Å². The molecule has 0 saturated heterocycles. The normalized spacial score (nSPS) is 11.0. The third-order valence-corrected chi connectivity index (χ3v) is 3.21. The second-order valence-corrected chi connectivity index (χ2v) is 5.18. The molecule has 0 aliphatic heterocycles. The van der Waals surface area contributed by atoms with Crippen LogP contribution in [0.25, 0.3) is 0 Å². The van der Waals surface area contributed by atoms with Crippen LogP contribution in [-0.2, 0) is 11.3 Å². The number of carbonyl (C=O) groups is 1. The van der Waals surface area contributed by atoms with Gasteiger partial charge in [0, 0.05) is 0 Å². The minimum atomic E-state index is -0.738. The SMILES string of the molecule is C[C@H](Oc1ccc(C#N)cc1)C(=O)NNC(=S)NCc1ccco1. The van der Waals surface area contributed by atoms with Crippen molar-refractivity contribution in [2.75, 3.05) is 0 Å². The van der Waals surface area contributed by atoms with Crippen molar-refractivity contribution in [1.82, 2.24) is 16.2 Å². The molecule has 1 heterocycles. The molecular weight excluding hydrogens is 328 g/mol. The van der Waals surface area contributed by atoms with Gasteiger partial charge in [0.1, 0.15) is 11.5 Å². The molecule has 1 amide bonds. The molecular formula is C16H16N4O3S. The van der Waals surface area contributed by atoms with Crippen molar-refractivity contribution >= 4 is 23.2 Å². The van der Waals surface area contributed by atoms with Gasteiger partial charge in [0.25, 0.3) is 5.91 Å². The maximum Gasteiger partial charge on any atom is 0.279 e. The van der Waals surface area contributed by atoms with Crippen LogP contribution in [0.3, 0.4) is 0 Å². The van der Waals surface area contributed by atoms with Crippen molar-refractivity contribution in [2.24, 2.45) is 0 Å². The molecule has 0 aliphatic carbocycles. The molecule has 0 aliphatic rings. The lowest BCUT2D eigenvalue weighted by molar-refractivity contribution is -0.127. The Morgan fingerprint density at radius 1 is 1.33 bits per heavy atom. The van der Waals surface area contributed by atoms with Gasteiger partial charge >= 0.3 is 0 Å². The van der Waals surface area contributed by atoms with Crippen LogP contribution in [0.1, 0.15) is 18.2 Å². The summed E-state index contributed by atoms with van der Waals surface area (Å²) in [7, 11) is 0. The van der Waals surface area contributed by atoms with E-state index >= 15 is 0 Å². The predicted octanol–water partition coefficient (Wildman–Crippen LogP) is 1.61. The Labute approximate surface area is 144 Å². The van der Waals surface area contributed by atoms with E-state index < -0.39 is 6.10 Å². The monoisotopic (exact) mass is 344 g/mol. The summed E-state index contributed by atoms with van der Waals surface area (Å²) in [5, 5.41) is 11.9. The zero-order valence-electron chi connectivity index (χ0n) is 12.9. The summed E-state index contributed by atoms with van der Waals surface area (Å²) in [6.07, 6.45) is 0.829. The lowest BCUT2D eigenvalue weighted by Gasteiger charge is -2.16. The van der Waals surface area contributed by atoms with Crippen LogP contribution in [0.2, 0.25) is 0 Å². The Balaban J connectivity index is 1.72. The summed E-state index contributed by atoms with van der Waals surface area (Å²) in [4.78, 5) is 12.0. The fourth-order valence-electron chi connectivity index (χ4n) is 1.71. The largest absolute Gasteiger partial charge is 0.481 e. The topological polar surface area (TPSA) is 99.3 Å².